The predicted octanol–water partition coefficient (Wildman–Crippen LogP) is 0.195. The van der Waals surface area contributed by atoms with Crippen molar-refractivity contribution < 1.29 is 9.53 Å². The van der Waals surface area contributed by atoms with Crippen LogP contribution < -0.4 is 5.73 Å². The van der Waals surface area contributed by atoms with E-state index >= 15 is 0 Å². The molecule has 10 heavy (non-hydrogen) atoms. The van der Waals surface area contributed by atoms with Gasteiger partial charge in [-0.15, -0.1) is 0 Å². The van der Waals surface area contributed by atoms with Gasteiger partial charge in [-0.2, -0.15) is 12.6 Å². The number of thiol groups is 1. The molecule has 0 bridgehead atoms. The molecule has 0 unspecified atom stereocenters. The van der Waals surface area contributed by atoms with Gasteiger partial charge in [0.2, 0.25) is 0 Å². The number of rotatable bonds is 2. The second-order valence-corrected chi connectivity index (χ2v) is 3.81. The predicted molar refractivity (Wildman–Crippen MR) is 43.1 cm³/mol. The molecule has 0 spiro atoms. The summed E-state index contributed by atoms with van der Waals surface area (Å²) in [6, 6.07) is -0.666. The van der Waals surface area contributed by atoms with E-state index in [4.69, 9.17) is 5.73 Å². The van der Waals surface area contributed by atoms with E-state index in [0.717, 1.165) is 0 Å². The molecule has 0 radical (unpaired) electrons. The Labute approximate surface area is 66.3 Å². The number of methoxy groups -OCH3 is 1. The molecule has 0 aliphatic rings. The highest BCUT2D eigenvalue weighted by Crippen LogP contribution is 2.16. The van der Waals surface area contributed by atoms with Crippen molar-refractivity contribution in [2.75, 3.05) is 7.11 Å². The van der Waals surface area contributed by atoms with Gasteiger partial charge < -0.3 is 10.5 Å². The van der Waals surface area contributed by atoms with Crippen molar-refractivity contribution in [3.63, 3.8) is 0 Å². The molecule has 0 aromatic heterocycles. The average Bonchev–Trinajstić information content (AvgIpc) is 1.83. The molecule has 1 atom stereocenters. The molecule has 0 amide bonds. The Balaban J connectivity index is 4.08. The summed E-state index contributed by atoms with van der Waals surface area (Å²) in [5.41, 5.74) is 5.45. The van der Waals surface area contributed by atoms with E-state index in [-0.39, 0.29) is 0 Å². The lowest BCUT2D eigenvalue weighted by Crippen LogP contribution is -2.45. The van der Waals surface area contributed by atoms with E-state index in [1.807, 2.05) is 0 Å². The van der Waals surface area contributed by atoms with E-state index in [9.17, 15) is 4.79 Å². The Morgan fingerprint density at radius 2 is 2.10 bits per heavy atom. The molecule has 4 heteroatoms. The summed E-state index contributed by atoms with van der Waals surface area (Å²) < 4.78 is 3.90. The number of carbonyl (C=O) groups is 1. The zero-order valence-electron chi connectivity index (χ0n) is 6.42. The SMILES string of the molecule is COC(=O)[C@@H](N)C(C)(C)S. The first-order valence-corrected chi connectivity index (χ1v) is 3.40. The van der Waals surface area contributed by atoms with Gasteiger partial charge >= 0.3 is 5.97 Å². The van der Waals surface area contributed by atoms with Crippen molar-refractivity contribution in [1.29, 1.82) is 0 Å². The fourth-order valence-corrected chi connectivity index (χ4v) is 0.521. The molecule has 0 aliphatic heterocycles. The van der Waals surface area contributed by atoms with Gasteiger partial charge in [0.15, 0.2) is 0 Å². The van der Waals surface area contributed by atoms with Gasteiger partial charge in [-0.1, -0.05) is 0 Å². The largest absolute Gasteiger partial charge is 0.468 e. The average molecular weight is 163 g/mol. The zero-order chi connectivity index (χ0) is 8.36. The number of nitrogens with two attached hydrogens (primary N) is 1. The summed E-state index contributed by atoms with van der Waals surface area (Å²) in [6.07, 6.45) is 0. The first-order chi connectivity index (χ1) is 4.39. The van der Waals surface area contributed by atoms with Crippen LogP contribution in [0.2, 0.25) is 0 Å². The number of hydrogen-bond acceptors (Lipinski definition) is 4. The molecule has 0 aromatic carbocycles. The molecule has 0 aromatic rings. The summed E-state index contributed by atoms with van der Waals surface area (Å²) in [6.45, 7) is 3.52. The monoisotopic (exact) mass is 163 g/mol. The maximum atomic E-state index is 10.8. The van der Waals surface area contributed by atoms with Crippen LogP contribution in [0.4, 0.5) is 0 Å². The first kappa shape index (κ1) is 9.78. The summed E-state index contributed by atoms with van der Waals surface area (Å²) in [5, 5.41) is 0. The summed E-state index contributed by atoms with van der Waals surface area (Å²) in [4.78, 5) is 10.8. The minimum absolute atomic E-state index is 0.431. The lowest BCUT2D eigenvalue weighted by atomic mass is 10.1. The molecule has 0 fully saturated rings. The van der Waals surface area contributed by atoms with Gasteiger partial charge in [-0.05, 0) is 13.8 Å². The molecule has 0 aliphatic carbocycles. The number of esters is 1. The van der Waals surface area contributed by atoms with Crippen LogP contribution >= 0.6 is 12.6 Å². The van der Waals surface area contributed by atoms with Gasteiger partial charge in [-0.25, -0.2) is 0 Å². The van der Waals surface area contributed by atoms with Crippen LogP contribution in [0.25, 0.3) is 0 Å². The second kappa shape index (κ2) is 3.25. The molecule has 60 valence electrons. The van der Waals surface area contributed by atoms with E-state index in [0.29, 0.717) is 0 Å². The van der Waals surface area contributed by atoms with E-state index in [2.05, 4.69) is 17.4 Å². The van der Waals surface area contributed by atoms with Crippen LogP contribution in [0, 0.1) is 0 Å². The fraction of sp³-hybridized carbons (Fsp3) is 0.833. The molecule has 3 nitrogen and oxygen atoms in total. The Hall–Kier alpha value is -0.220. The van der Waals surface area contributed by atoms with Crippen LogP contribution in [-0.2, 0) is 9.53 Å². The maximum absolute atomic E-state index is 10.8. The number of ether oxygens (including phenoxy) is 1. The van der Waals surface area contributed by atoms with Crippen molar-refractivity contribution >= 4 is 18.6 Å². The summed E-state index contributed by atoms with van der Waals surface area (Å²) in [7, 11) is 1.31. The van der Waals surface area contributed by atoms with Crippen LogP contribution in [0.5, 0.6) is 0 Å². The van der Waals surface area contributed by atoms with Crippen LogP contribution in [0.3, 0.4) is 0 Å². The smallest absolute Gasteiger partial charge is 0.324 e. The third-order valence-electron chi connectivity index (χ3n) is 1.22. The fourth-order valence-electron chi connectivity index (χ4n) is 0.415. The van der Waals surface area contributed by atoms with Crippen LogP contribution in [0.1, 0.15) is 13.8 Å². The summed E-state index contributed by atoms with van der Waals surface area (Å²) in [5.74, 6) is -0.431. The maximum Gasteiger partial charge on any atom is 0.324 e. The zero-order valence-corrected chi connectivity index (χ0v) is 7.31. The molecule has 2 N–H and O–H groups in total. The van der Waals surface area contributed by atoms with Crippen molar-refractivity contribution in [2.24, 2.45) is 5.73 Å². The van der Waals surface area contributed by atoms with Crippen LogP contribution in [0.15, 0.2) is 0 Å². The molecular weight excluding hydrogens is 150 g/mol. The highest BCUT2D eigenvalue weighted by molar-refractivity contribution is 7.81. The second-order valence-electron chi connectivity index (χ2n) is 2.65. The Kier molecular flexibility index (Phi) is 3.18. The quantitative estimate of drug-likeness (QED) is 0.451. The Bertz CT molecular complexity index is 130. The molecule has 0 rings (SSSR count). The van der Waals surface area contributed by atoms with Crippen molar-refractivity contribution in [1.82, 2.24) is 0 Å². The Morgan fingerprint density at radius 1 is 1.70 bits per heavy atom. The van der Waals surface area contributed by atoms with Crippen molar-refractivity contribution in [3.05, 3.63) is 0 Å². The topological polar surface area (TPSA) is 52.3 Å². The van der Waals surface area contributed by atoms with Gasteiger partial charge in [0.1, 0.15) is 6.04 Å². The van der Waals surface area contributed by atoms with E-state index < -0.39 is 16.8 Å². The molecule has 0 saturated carbocycles. The van der Waals surface area contributed by atoms with Gasteiger partial charge in [0.05, 0.1) is 7.11 Å². The first-order valence-electron chi connectivity index (χ1n) is 2.95. The van der Waals surface area contributed by atoms with Gasteiger partial charge in [-0.3, -0.25) is 4.79 Å². The lowest BCUT2D eigenvalue weighted by molar-refractivity contribution is -0.142. The van der Waals surface area contributed by atoms with Crippen LogP contribution in [-0.4, -0.2) is 23.9 Å². The highest BCUT2D eigenvalue weighted by atomic mass is 32.1. The lowest BCUT2D eigenvalue weighted by Gasteiger charge is -2.22. The number of carbonyl (C=O) groups excluding carboxylic acids is 1. The minimum Gasteiger partial charge on any atom is -0.468 e. The highest BCUT2D eigenvalue weighted by Gasteiger charge is 2.28. The molecule has 0 saturated heterocycles. The summed E-state index contributed by atoms with van der Waals surface area (Å²) >= 11 is 4.12. The standard InChI is InChI=1S/C6H13NO2S/c1-6(2,10)4(7)5(8)9-3/h4,10H,7H2,1-3H3/t4-/m1/s1. The normalized spacial score (nSPS) is 14.5. The number of hydrogen-bond donors (Lipinski definition) is 2. The molecule has 0 heterocycles. The van der Waals surface area contributed by atoms with Crippen molar-refractivity contribution in [2.45, 2.75) is 24.6 Å². The van der Waals surface area contributed by atoms with E-state index in [1.54, 1.807) is 13.8 Å². The minimum atomic E-state index is -0.666. The third kappa shape index (κ3) is 2.58. The Morgan fingerprint density at radius 3 is 2.20 bits per heavy atom. The van der Waals surface area contributed by atoms with Gasteiger partial charge in [0, 0.05) is 4.75 Å². The van der Waals surface area contributed by atoms with Gasteiger partial charge in [0.25, 0.3) is 0 Å². The third-order valence-corrected chi connectivity index (χ3v) is 1.49. The molecular formula is C6H13NO2S. The van der Waals surface area contributed by atoms with E-state index in [1.165, 1.54) is 7.11 Å². The van der Waals surface area contributed by atoms with Crippen molar-refractivity contribution in [3.8, 4) is 0 Å².